The van der Waals surface area contributed by atoms with Crippen LogP contribution in [0.3, 0.4) is 0 Å². The molecule has 1 heteroatoms. The van der Waals surface area contributed by atoms with Gasteiger partial charge in [0, 0.05) is 21.8 Å². The van der Waals surface area contributed by atoms with Crippen molar-refractivity contribution in [3.63, 3.8) is 0 Å². The van der Waals surface area contributed by atoms with Crippen molar-refractivity contribution in [1.82, 2.24) is 0 Å². The van der Waals surface area contributed by atoms with Gasteiger partial charge in [0.05, 0.1) is 0 Å². The highest BCUT2D eigenvalue weighted by Crippen LogP contribution is 2.55. The van der Waals surface area contributed by atoms with Crippen LogP contribution in [0, 0.1) is 0 Å². The molecule has 0 bridgehead atoms. The monoisotopic (exact) mass is 638 g/mol. The quantitative estimate of drug-likeness (QED) is 0.183. The van der Waals surface area contributed by atoms with Gasteiger partial charge in [0.15, 0.2) is 0 Å². The maximum absolute atomic E-state index is 6.87. The molecule has 8 aromatic rings. The van der Waals surface area contributed by atoms with Gasteiger partial charge in [-0.15, -0.1) is 0 Å². The number of hydrogen-bond donors (Lipinski definition) is 0. The number of fused-ring (bicyclic) bond motifs is 7. The molecule has 0 N–H and O–H groups in total. The van der Waals surface area contributed by atoms with Crippen LogP contribution in [0.15, 0.2) is 174 Å². The topological polar surface area (TPSA) is 13.1 Å². The highest BCUT2D eigenvalue weighted by atomic mass is 16.3. The van der Waals surface area contributed by atoms with E-state index in [9.17, 15) is 0 Å². The minimum Gasteiger partial charge on any atom is -0.455 e. The molecule has 0 amide bonds. The van der Waals surface area contributed by atoms with Crippen LogP contribution in [-0.4, -0.2) is 0 Å². The molecule has 2 aliphatic rings. The zero-order valence-electron chi connectivity index (χ0n) is 28.1. The molecule has 0 saturated heterocycles. The molecule has 1 unspecified atom stereocenters. The summed E-state index contributed by atoms with van der Waals surface area (Å²) < 4.78 is 6.87. The Bertz CT molecular complexity index is 2760. The summed E-state index contributed by atoms with van der Waals surface area (Å²) in [5.41, 5.74) is 17.3. The summed E-state index contributed by atoms with van der Waals surface area (Å²) in [6.07, 6.45) is 4.43. The fourth-order valence-electron chi connectivity index (χ4n) is 8.99. The molecule has 10 rings (SSSR count). The highest BCUT2D eigenvalue weighted by Gasteiger charge is 2.42. The van der Waals surface area contributed by atoms with Crippen molar-refractivity contribution in [2.45, 2.75) is 19.3 Å². The molecule has 1 heterocycles. The second-order valence-corrected chi connectivity index (χ2v) is 13.7. The number of furan rings is 1. The third kappa shape index (κ3) is 3.78. The lowest BCUT2D eigenvalue weighted by atomic mass is 9.73. The lowest BCUT2D eigenvalue weighted by Crippen LogP contribution is -2.23. The first-order chi connectivity index (χ1) is 24.6. The van der Waals surface area contributed by atoms with E-state index in [0.717, 1.165) is 33.1 Å². The second kappa shape index (κ2) is 10.7. The molecule has 1 nitrogen and oxygen atoms in total. The van der Waals surface area contributed by atoms with Crippen molar-refractivity contribution in [3.05, 3.63) is 192 Å². The fourth-order valence-corrected chi connectivity index (χ4v) is 8.99. The molecular weight excluding hydrogens is 605 g/mol. The first kappa shape index (κ1) is 28.8. The number of allylic oxidation sites excluding steroid dienone is 5. The molecule has 50 heavy (non-hydrogen) atoms. The third-order valence-corrected chi connectivity index (χ3v) is 11.2. The van der Waals surface area contributed by atoms with Crippen LogP contribution in [0.1, 0.15) is 36.1 Å². The lowest BCUT2D eigenvalue weighted by Gasteiger charge is -2.29. The van der Waals surface area contributed by atoms with Crippen molar-refractivity contribution in [1.29, 1.82) is 0 Å². The van der Waals surface area contributed by atoms with Crippen LogP contribution in [0.4, 0.5) is 0 Å². The molecule has 236 valence electrons. The number of para-hydroxylation sites is 1. The number of benzene rings is 7. The molecule has 0 aliphatic heterocycles. The summed E-state index contributed by atoms with van der Waals surface area (Å²) in [6, 6.07) is 52.7. The Labute approximate surface area is 292 Å². The smallest absolute Gasteiger partial charge is 0.143 e. The van der Waals surface area contributed by atoms with Crippen LogP contribution in [0.2, 0.25) is 0 Å². The van der Waals surface area contributed by atoms with E-state index in [1.807, 2.05) is 0 Å². The second-order valence-electron chi connectivity index (χ2n) is 13.7. The van der Waals surface area contributed by atoms with Gasteiger partial charge in [-0.2, -0.15) is 0 Å². The molecule has 0 radical (unpaired) electrons. The molecule has 0 fully saturated rings. The summed E-state index contributed by atoms with van der Waals surface area (Å²) in [5, 5.41) is 4.83. The van der Waals surface area contributed by atoms with E-state index >= 15 is 0 Å². The first-order valence-electron chi connectivity index (χ1n) is 17.4. The van der Waals surface area contributed by atoms with Gasteiger partial charge < -0.3 is 4.42 Å². The van der Waals surface area contributed by atoms with Gasteiger partial charge in [0.2, 0.25) is 0 Å². The van der Waals surface area contributed by atoms with E-state index < -0.39 is 0 Å². The van der Waals surface area contributed by atoms with Gasteiger partial charge in [-0.3, -0.25) is 0 Å². The Kier molecular flexibility index (Phi) is 6.14. The summed E-state index contributed by atoms with van der Waals surface area (Å²) in [5.74, 6) is 0. The SMILES string of the molecule is C=C(C1=C(/C=C\C)C(C)(c2ccccc2)c2ccccc21)c1cccc2c1oc1cccc(-c3ccc4c5c(cccc35)-c3ccccc3-4)c12. The average molecular weight is 639 g/mol. The molecule has 1 aromatic heterocycles. The van der Waals surface area contributed by atoms with Gasteiger partial charge in [0.25, 0.3) is 0 Å². The van der Waals surface area contributed by atoms with Crippen LogP contribution >= 0.6 is 0 Å². The Balaban J connectivity index is 1.19. The molecule has 0 saturated carbocycles. The molecule has 0 spiro atoms. The van der Waals surface area contributed by atoms with Crippen LogP contribution in [-0.2, 0) is 5.41 Å². The zero-order chi connectivity index (χ0) is 33.6. The standard InChI is InChI=1S/C49H34O/c1-4-15-43-45(40-20-10-11-26-42(40)49(43,3)31-16-6-5-7-17-31)30(2)32-21-12-25-41-47-38(24-14-27-44(47)50-48(32)41)35-28-29-39-34-19-9-8-18-33(34)36-22-13-23-37(35)46(36)39/h4-29H,2H2,1,3H3/b15-4-. The fraction of sp³-hybridized carbons (Fsp3) is 0.0612. The summed E-state index contributed by atoms with van der Waals surface area (Å²) in [4.78, 5) is 0. The average Bonchev–Trinajstić information content (AvgIpc) is 3.80. The maximum atomic E-state index is 6.87. The minimum atomic E-state index is -0.326. The van der Waals surface area contributed by atoms with E-state index in [1.54, 1.807) is 0 Å². The van der Waals surface area contributed by atoms with E-state index in [4.69, 9.17) is 11.0 Å². The first-order valence-corrected chi connectivity index (χ1v) is 17.4. The van der Waals surface area contributed by atoms with Crippen molar-refractivity contribution in [3.8, 4) is 33.4 Å². The Hall–Kier alpha value is -6.18. The van der Waals surface area contributed by atoms with E-state index in [2.05, 4.69) is 172 Å². The predicted octanol–water partition coefficient (Wildman–Crippen LogP) is 13.4. The number of rotatable bonds is 5. The van der Waals surface area contributed by atoms with Crippen LogP contribution in [0.5, 0.6) is 0 Å². The van der Waals surface area contributed by atoms with Gasteiger partial charge in [-0.25, -0.2) is 0 Å². The Morgan fingerprint density at radius 2 is 1.16 bits per heavy atom. The lowest BCUT2D eigenvalue weighted by molar-refractivity contribution is 0.668. The van der Waals surface area contributed by atoms with Crippen LogP contribution < -0.4 is 0 Å². The van der Waals surface area contributed by atoms with Crippen LogP contribution in [0.25, 0.3) is 77.2 Å². The van der Waals surface area contributed by atoms with Crippen molar-refractivity contribution >= 4 is 43.9 Å². The molecular formula is C49H34O. The van der Waals surface area contributed by atoms with Gasteiger partial charge in [0.1, 0.15) is 11.2 Å². The van der Waals surface area contributed by atoms with Gasteiger partial charge in [-0.1, -0.05) is 158 Å². The minimum absolute atomic E-state index is 0.326. The Morgan fingerprint density at radius 3 is 1.94 bits per heavy atom. The summed E-state index contributed by atoms with van der Waals surface area (Å²) in [6.45, 7) is 9.28. The van der Waals surface area contributed by atoms with E-state index in [1.165, 1.54) is 72.0 Å². The van der Waals surface area contributed by atoms with E-state index in [-0.39, 0.29) is 5.41 Å². The summed E-state index contributed by atoms with van der Waals surface area (Å²) >= 11 is 0. The molecule has 1 atom stereocenters. The molecule has 7 aromatic carbocycles. The number of hydrogen-bond acceptors (Lipinski definition) is 1. The Morgan fingerprint density at radius 1 is 0.560 bits per heavy atom. The third-order valence-electron chi connectivity index (χ3n) is 11.2. The zero-order valence-corrected chi connectivity index (χ0v) is 28.1. The van der Waals surface area contributed by atoms with Gasteiger partial charge in [-0.05, 0) is 97.5 Å². The van der Waals surface area contributed by atoms with Crippen molar-refractivity contribution in [2.75, 3.05) is 0 Å². The van der Waals surface area contributed by atoms with Crippen molar-refractivity contribution < 1.29 is 4.42 Å². The largest absolute Gasteiger partial charge is 0.455 e. The van der Waals surface area contributed by atoms with Gasteiger partial charge >= 0.3 is 0 Å². The maximum Gasteiger partial charge on any atom is 0.143 e. The van der Waals surface area contributed by atoms with Crippen molar-refractivity contribution in [2.24, 2.45) is 0 Å². The summed E-state index contributed by atoms with van der Waals surface area (Å²) in [7, 11) is 0. The normalized spacial score (nSPS) is 16.2. The van der Waals surface area contributed by atoms with E-state index in [0.29, 0.717) is 0 Å². The molecule has 2 aliphatic carbocycles. The predicted molar refractivity (Wildman–Crippen MR) is 211 cm³/mol. The highest BCUT2D eigenvalue weighted by molar-refractivity contribution is 6.23.